The molecule has 2 rings (SSSR count). The Morgan fingerprint density at radius 3 is 2.53 bits per heavy atom. The zero-order valence-electron chi connectivity index (χ0n) is 12.2. The average Bonchev–Trinajstić information content (AvgIpc) is 2.36. The summed E-state index contributed by atoms with van der Waals surface area (Å²) in [6, 6.07) is 1.79. The minimum Gasteiger partial charge on any atom is -0.353 e. The van der Waals surface area contributed by atoms with E-state index in [4.69, 9.17) is 5.73 Å². The number of rotatable bonds is 6. The van der Waals surface area contributed by atoms with Crippen LogP contribution < -0.4 is 11.1 Å². The van der Waals surface area contributed by atoms with Crippen LogP contribution in [0.3, 0.4) is 0 Å². The Balaban J connectivity index is 1.70. The second-order valence-electron chi connectivity index (χ2n) is 6.24. The monoisotopic (exact) mass is 267 g/mol. The van der Waals surface area contributed by atoms with Gasteiger partial charge in [0.2, 0.25) is 5.91 Å². The van der Waals surface area contributed by atoms with E-state index in [0.717, 1.165) is 38.6 Å². The zero-order chi connectivity index (χ0) is 13.7. The van der Waals surface area contributed by atoms with E-state index >= 15 is 0 Å². The fourth-order valence-corrected chi connectivity index (χ4v) is 3.64. The van der Waals surface area contributed by atoms with Gasteiger partial charge in [0.25, 0.3) is 0 Å². The number of nitrogens with two attached hydrogens (primary N) is 1. The molecule has 2 saturated heterocycles. The lowest BCUT2D eigenvalue weighted by Gasteiger charge is -2.47. The highest BCUT2D eigenvalue weighted by Gasteiger charge is 2.36. The standard InChI is InChI=1S/C15H29N3O/c1-18-13-6-5-7-14(18)11-12(10-13)17-15(19)8-3-2-4-9-16/h12-14H,2-11,16H2,1H3,(H,17,19). The van der Waals surface area contributed by atoms with Crippen LogP contribution in [0.25, 0.3) is 0 Å². The molecular weight excluding hydrogens is 238 g/mol. The summed E-state index contributed by atoms with van der Waals surface area (Å²) < 4.78 is 0. The molecule has 19 heavy (non-hydrogen) atoms. The fraction of sp³-hybridized carbons (Fsp3) is 0.933. The highest BCUT2D eigenvalue weighted by molar-refractivity contribution is 5.76. The zero-order valence-corrected chi connectivity index (χ0v) is 12.2. The van der Waals surface area contributed by atoms with E-state index in [2.05, 4.69) is 17.3 Å². The summed E-state index contributed by atoms with van der Waals surface area (Å²) in [6.07, 6.45) is 9.99. The summed E-state index contributed by atoms with van der Waals surface area (Å²) in [6.45, 7) is 0.736. The van der Waals surface area contributed by atoms with Gasteiger partial charge in [0, 0.05) is 24.5 Å². The third-order valence-electron chi connectivity index (χ3n) is 4.81. The van der Waals surface area contributed by atoms with Crippen molar-refractivity contribution >= 4 is 5.91 Å². The molecule has 2 aliphatic heterocycles. The Morgan fingerprint density at radius 2 is 1.89 bits per heavy atom. The van der Waals surface area contributed by atoms with Crippen LogP contribution in [0.1, 0.15) is 57.8 Å². The molecule has 3 N–H and O–H groups in total. The van der Waals surface area contributed by atoms with Crippen molar-refractivity contribution in [3.63, 3.8) is 0 Å². The van der Waals surface area contributed by atoms with E-state index in [-0.39, 0.29) is 5.91 Å². The third kappa shape index (κ3) is 4.18. The van der Waals surface area contributed by atoms with Crippen LogP contribution in [0, 0.1) is 0 Å². The van der Waals surface area contributed by atoms with Crippen LogP contribution >= 0.6 is 0 Å². The van der Waals surface area contributed by atoms with Crippen LogP contribution in [0.5, 0.6) is 0 Å². The Kier molecular flexibility index (Phi) is 5.64. The number of carbonyl (C=O) groups excluding carboxylic acids is 1. The SMILES string of the molecule is CN1C2CCCC1CC(NC(=O)CCCCCN)C2. The number of carbonyl (C=O) groups is 1. The molecule has 0 aromatic heterocycles. The number of amides is 1. The van der Waals surface area contributed by atoms with Crippen molar-refractivity contribution in [1.29, 1.82) is 0 Å². The van der Waals surface area contributed by atoms with E-state index < -0.39 is 0 Å². The second-order valence-corrected chi connectivity index (χ2v) is 6.24. The summed E-state index contributed by atoms with van der Waals surface area (Å²) in [7, 11) is 2.25. The van der Waals surface area contributed by atoms with Crippen LogP contribution in [-0.2, 0) is 4.79 Å². The van der Waals surface area contributed by atoms with Gasteiger partial charge in [-0.15, -0.1) is 0 Å². The molecule has 2 heterocycles. The van der Waals surface area contributed by atoms with Gasteiger partial charge >= 0.3 is 0 Å². The number of piperidine rings is 2. The van der Waals surface area contributed by atoms with Gasteiger partial charge in [0.1, 0.15) is 0 Å². The largest absolute Gasteiger partial charge is 0.353 e. The van der Waals surface area contributed by atoms with Gasteiger partial charge in [-0.25, -0.2) is 0 Å². The second kappa shape index (κ2) is 7.25. The predicted octanol–water partition coefficient (Wildman–Crippen LogP) is 1.64. The van der Waals surface area contributed by atoms with Crippen molar-refractivity contribution in [1.82, 2.24) is 10.2 Å². The molecule has 0 radical (unpaired) electrons. The molecular formula is C15H29N3O. The summed E-state index contributed by atoms with van der Waals surface area (Å²) >= 11 is 0. The third-order valence-corrected chi connectivity index (χ3v) is 4.81. The van der Waals surface area contributed by atoms with Gasteiger partial charge in [-0.1, -0.05) is 12.8 Å². The fourth-order valence-electron chi connectivity index (χ4n) is 3.64. The lowest BCUT2D eigenvalue weighted by Crippen LogP contribution is -2.55. The first-order valence-corrected chi connectivity index (χ1v) is 7.92. The maximum atomic E-state index is 11.9. The number of hydrogen-bond acceptors (Lipinski definition) is 3. The molecule has 0 saturated carbocycles. The molecule has 1 amide bonds. The lowest BCUT2D eigenvalue weighted by molar-refractivity contribution is -0.122. The number of fused-ring (bicyclic) bond motifs is 2. The molecule has 110 valence electrons. The molecule has 2 unspecified atom stereocenters. The molecule has 4 nitrogen and oxygen atoms in total. The Hall–Kier alpha value is -0.610. The van der Waals surface area contributed by atoms with Gasteiger partial charge in [-0.05, 0) is 52.1 Å². The topological polar surface area (TPSA) is 58.4 Å². The van der Waals surface area contributed by atoms with E-state index in [1.807, 2.05) is 0 Å². The molecule has 2 aliphatic rings. The molecule has 0 spiro atoms. The molecule has 0 aliphatic carbocycles. The van der Waals surface area contributed by atoms with Gasteiger partial charge in [0.05, 0.1) is 0 Å². The van der Waals surface area contributed by atoms with Crippen molar-refractivity contribution in [2.24, 2.45) is 5.73 Å². The van der Waals surface area contributed by atoms with Crippen LogP contribution in [0.2, 0.25) is 0 Å². The Labute approximate surface area is 117 Å². The summed E-state index contributed by atoms with van der Waals surface area (Å²) in [5, 5.41) is 3.25. The van der Waals surface area contributed by atoms with Crippen molar-refractivity contribution in [3.8, 4) is 0 Å². The van der Waals surface area contributed by atoms with Crippen molar-refractivity contribution in [2.75, 3.05) is 13.6 Å². The molecule has 4 heteroatoms. The Bertz CT molecular complexity index is 281. The van der Waals surface area contributed by atoms with Gasteiger partial charge < -0.3 is 16.0 Å². The minimum atomic E-state index is 0.240. The van der Waals surface area contributed by atoms with Gasteiger partial charge in [0.15, 0.2) is 0 Å². The van der Waals surface area contributed by atoms with E-state index in [0.29, 0.717) is 24.5 Å². The summed E-state index contributed by atoms with van der Waals surface area (Å²) in [4.78, 5) is 14.5. The van der Waals surface area contributed by atoms with Crippen LogP contribution in [-0.4, -0.2) is 42.5 Å². The quantitative estimate of drug-likeness (QED) is 0.719. The first-order chi connectivity index (χ1) is 9.20. The Morgan fingerprint density at radius 1 is 1.21 bits per heavy atom. The number of nitrogens with zero attached hydrogens (tertiary/aromatic N) is 1. The van der Waals surface area contributed by atoms with Crippen LogP contribution in [0.4, 0.5) is 0 Å². The van der Waals surface area contributed by atoms with Gasteiger partial charge in [-0.2, -0.15) is 0 Å². The van der Waals surface area contributed by atoms with Crippen molar-refractivity contribution in [3.05, 3.63) is 0 Å². The lowest BCUT2D eigenvalue weighted by atomic mass is 9.82. The smallest absolute Gasteiger partial charge is 0.220 e. The van der Waals surface area contributed by atoms with E-state index in [1.165, 1.54) is 19.3 Å². The average molecular weight is 267 g/mol. The minimum absolute atomic E-state index is 0.240. The molecule has 0 aromatic rings. The maximum absolute atomic E-state index is 11.9. The van der Waals surface area contributed by atoms with Crippen LogP contribution in [0.15, 0.2) is 0 Å². The van der Waals surface area contributed by atoms with Crippen molar-refractivity contribution < 1.29 is 4.79 Å². The highest BCUT2D eigenvalue weighted by atomic mass is 16.1. The predicted molar refractivity (Wildman–Crippen MR) is 77.9 cm³/mol. The highest BCUT2D eigenvalue weighted by Crippen LogP contribution is 2.32. The molecule has 2 fully saturated rings. The van der Waals surface area contributed by atoms with E-state index in [9.17, 15) is 4.79 Å². The normalized spacial score (nSPS) is 31.2. The number of unbranched alkanes of at least 4 members (excludes halogenated alkanes) is 2. The first kappa shape index (κ1) is 14.8. The molecule has 2 atom stereocenters. The first-order valence-electron chi connectivity index (χ1n) is 7.92. The summed E-state index contributed by atoms with van der Waals surface area (Å²) in [5.74, 6) is 0.240. The number of nitrogens with one attached hydrogen (secondary N) is 1. The van der Waals surface area contributed by atoms with Gasteiger partial charge in [-0.3, -0.25) is 4.79 Å². The molecule has 2 bridgehead atoms. The van der Waals surface area contributed by atoms with Crippen molar-refractivity contribution in [2.45, 2.75) is 75.9 Å². The molecule has 0 aromatic carbocycles. The summed E-state index contributed by atoms with van der Waals surface area (Å²) in [5.41, 5.74) is 5.45. The van der Waals surface area contributed by atoms with E-state index in [1.54, 1.807) is 0 Å². The number of hydrogen-bond donors (Lipinski definition) is 2. The maximum Gasteiger partial charge on any atom is 0.220 e.